The highest BCUT2D eigenvalue weighted by atomic mass is 16.6. The van der Waals surface area contributed by atoms with Gasteiger partial charge in [0.25, 0.3) is 0 Å². The van der Waals surface area contributed by atoms with Crippen molar-refractivity contribution >= 4 is 11.9 Å². The highest BCUT2D eigenvalue weighted by Gasteiger charge is 2.06. The number of anilines is 1. The van der Waals surface area contributed by atoms with Crippen LogP contribution in [0.4, 0.5) is 5.95 Å². The van der Waals surface area contributed by atoms with Crippen molar-refractivity contribution < 1.29 is 14.6 Å². The van der Waals surface area contributed by atoms with E-state index < -0.39 is 12.6 Å². The first-order valence-electron chi connectivity index (χ1n) is 3.24. The van der Waals surface area contributed by atoms with Gasteiger partial charge in [0.2, 0.25) is 11.8 Å². The van der Waals surface area contributed by atoms with Gasteiger partial charge in [-0.25, -0.2) is 4.79 Å². The third kappa shape index (κ3) is 1.73. The zero-order valence-electron chi connectivity index (χ0n) is 6.52. The van der Waals surface area contributed by atoms with Gasteiger partial charge < -0.3 is 20.1 Å². The Hall–Kier alpha value is -1.56. The van der Waals surface area contributed by atoms with Gasteiger partial charge in [-0.05, 0) is 0 Å². The second kappa shape index (κ2) is 3.22. The number of aliphatic hydroxyl groups is 1. The predicted molar refractivity (Wildman–Crippen MR) is 40.3 cm³/mol. The Morgan fingerprint density at radius 2 is 2.58 bits per heavy atom. The van der Waals surface area contributed by atoms with E-state index in [1.54, 1.807) is 7.05 Å². The van der Waals surface area contributed by atoms with E-state index in [4.69, 9.17) is 10.8 Å². The van der Waals surface area contributed by atoms with Crippen LogP contribution in [0.3, 0.4) is 0 Å². The molecule has 0 spiro atoms. The van der Waals surface area contributed by atoms with E-state index in [1.807, 2.05) is 0 Å². The summed E-state index contributed by atoms with van der Waals surface area (Å²) in [6.45, 7) is -0.670. The molecule has 0 unspecified atom stereocenters. The van der Waals surface area contributed by atoms with Gasteiger partial charge in [0.05, 0.1) is 6.20 Å². The van der Waals surface area contributed by atoms with Crippen LogP contribution in [0.5, 0.6) is 5.88 Å². The molecule has 0 amide bonds. The number of aryl methyl sites for hydroxylation is 1. The monoisotopic (exact) mass is 171 g/mol. The van der Waals surface area contributed by atoms with Gasteiger partial charge >= 0.3 is 5.97 Å². The van der Waals surface area contributed by atoms with Crippen LogP contribution >= 0.6 is 0 Å². The van der Waals surface area contributed by atoms with Gasteiger partial charge in [-0.2, -0.15) is 4.98 Å². The van der Waals surface area contributed by atoms with E-state index >= 15 is 0 Å². The van der Waals surface area contributed by atoms with Crippen molar-refractivity contribution in [2.45, 2.75) is 0 Å². The lowest BCUT2D eigenvalue weighted by Crippen LogP contribution is -2.12. The molecule has 1 aromatic rings. The van der Waals surface area contributed by atoms with Crippen LogP contribution in [0.15, 0.2) is 6.20 Å². The number of aromatic nitrogens is 2. The maximum absolute atomic E-state index is 10.5. The Kier molecular flexibility index (Phi) is 2.29. The minimum absolute atomic E-state index is 0.0917. The maximum atomic E-state index is 10.5. The topological polar surface area (TPSA) is 90.4 Å². The van der Waals surface area contributed by atoms with E-state index in [1.165, 1.54) is 10.8 Å². The molecule has 0 radical (unpaired) electrons. The highest BCUT2D eigenvalue weighted by Crippen LogP contribution is 2.10. The SMILES string of the molecule is Cn1cc(OC(=O)CO)nc1N. The summed E-state index contributed by atoms with van der Waals surface area (Å²) >= 11 is 0. The van der Waals surface area contributed by atoms with Gasteiger partial charge in [0, 0.05) is 7.05 Å². The summed E-state index contributed by atoms with van der Waals surface area (Å²) in [6.07, 6.45) is 1.45. The van der Waals surface area contributed by atoms with Crippen molar-refractivity contribution in [1.29, 1.82) is 0 Å². The number of nitrogens with zero attached hydrogens (tertiary/aromatic N) is 2. The molecule has 0 aromatic carbocycles. The molecule has 1 aromatic heterocycles. The van der Waals surface area contributed by atoms with Crippen LogP contribution in [0.25, 0.3) is 0 Å². The van der Waals surface area contributed by atoms with Crippen molar-refractivity contribution in [3.05, 3.63) is 6.20 Å². The first kappa shape index (κ1) is 8.54. The molecule has 3 N–H and O–H groups in total. The van der Waals surface area contributed by atoms with Crippen molar-refractivity contribution in [3.8, 4) is 5.88 Å². The van der Waals surface area contributed by atoms with Crippen LogP contribution in [0.2, 0.25) is 0 Å². The lowest BCUT2D eigenvalue weighted by Gasteiger charge is -1.94. The van der Waals surface area contributed by atoms with Gasteiger partial charge in [0.15, 0.2) is 0 Å². The van der Waals surface area contributed by atoms with E-state index in [0.717, 1.165) is 0 Å². The molecule has 0 saturated carbocycles. The number of carbonyl (C=O) groups excluding carboxylic acids is 1. The predicted octanol–water partition coefficient (Wildman–Crippen LogP) is -1.10. The quantitative estimate of drug-likeness (QED) is 0.551. The Morgan fingerprint density at radius 1 is 1.92 bits per heavy atom. The summed E-state index contributed by atoms with van der Waals surface area (Å²) < 4.78 is 6.06. The molecule has 12 heavy (non-hydrogen) atoms. The average molecular weight is 171 g/mol. The summed E-state index contributed by atoms with van der Waals surface area (Å²) in [4.78, 5) is 14.2. The summed E-state index contributed by atoms with van der Waals surface area (Å²) in [5.41, 5.74) is 5.36. The summed E-state index contributed by atoms with van der Waals surface area (Å²) in [7, 11) is 1.67. The molecular formula is C6H9N3O3. The van der Waals surface area contributed by atoms with E-state index in [2.05, 4.69) is 9.72 Å². The van der Waals surface area contributed by atoms with Gasteiger partial charge in [-0.1, -0.05) is 0 Å². The lowest BCUT2D eigenvalue weighted by atomic mass is 10.7. The number of hydrogen-bond donors (Lipinski definition) is 2. The Bertz CT molecular complexity index is 275. The number of aliphatic hydroxyl groups excluding tert-OH is 1. The number of esters is 1. The summed E-state index contributed by atoms with van der Waals surface area (Å²) in [6, 6.07) is 0. The minimum Gasteiger partial charge on any atom is -0.404 e. The van der Waals surface area contributed by atoms with Crippen molar-refractivity contribution in [1.82, 2.24) is 9.55 Å². The zero-order valence-corrected chi connectivity index (χ0v) is 6.52. The molecule has 0 saturated heterocycles. The van der Waals surface area contributed by atoms with Crippen LogP contribution in [-0.4, -0.2) is 27.2 Å². The molecule has 66 valence electrons. The van der Waals surface area contributed by atoms with Crippen LogP contribution in [0.1, 0.15) is 0 Å². The molecule has 0 atom stereocenters. The number of carbonyl (C=O) groups is 1. The van der Waals surface area contributed by atoms with E-state index in [0.29, 0.717) is 0 Å². The van der Waals surface area contributed by atoms with Crippen LogP contribution in [-0.2, 0) is 11.8 Å². The molecule has 0 fully saturated rings. The molecular weight excluding hydrogens is 162 g/mol. The number of nitrogens with two attached hydrogens (primary N) is 1. The fourth-order valence-electron chi connectivity index (χ4n) is 0.651. The smallest absolute Gasteiger partial charge is 0.338 e. The van der Waals surface area contributed by atoms with Gasteiger partial charge in [0.1, 0.15) is 6.61 Å². The van der Waals surface area contributed by atoms with Gasteiger partial charge in [-0.3, -0.25) is 0 Å². The molecule has 6 heteroatoms. The van der Waals surface area contributed by atoms with E-state index in [9.17, 15) is 4.79 Å². The molecule has 1 rings (SSSR count). The second-order valence-corrected chi connectivity index (χ2v) is 2.18. The number of imidazole rings is 1. The van der Waals surface area contributed by atoms with Crippen molar-refractivity contribution in [2.75, 3.05) is 12.3 Å². The molecule has 0 aliphatic rings. The number of rotatable bonds is 2. The maximum Gasteiger partial charge on any atom is 0.338 e. The number of ether oxygens (including phenoxy) is 1. The summed E-state index contributed by atoms with van der Waals surface area (Å²) in [5, 5.41) is 8.33. The largest absolute Gasteiger partial charge is 0.404 e. The van der Waals surface area contributed by atoms with Gasteiger partial charge in [-0.15, -0.1) is 0 Å². The first-order chi connectivity index (χ1) is 5.63. The zero-order chi connectivity index (χ0) is 9.14. The van der Waals surface area contributed by atoms with Crippen LogP contribution < -0.4 is 10.5 Å². The second-order valence-electron chi connectivity index (χ2n) is 2.18. The van der Waals surface area contributed by atoms with Crippen LogP contribution in [0, 0.1) is 0 Å². The Balaban J connectivity index is 2.70. The standard InChI is InChI=1S/C6H9N3O3/c1-9-2-4(8-6(9)7)12-5(11)3-10/h2,10H,3H2,1H3,(H2,7,8). The highest BCUT2D eigenvalue weighted by molar-refractivity contribution is 5.72. The van der Waals surface area contributed by atoms with Crippen molar-refractivity contribution in [2.24, 2.45) is 7.05 Å². The Morgan fingerprint density at radius 3 is 3.00 bits per heavy atom. The fraction of sp³-hybridized carbons (Fsp3) is 0.333. The molecule has 0 aliphatic heterocycles. The number of hydrogen-bond acceptors (Lipinski definition) is 5. The molecule has 1 heterocycles. The lowest BCUT2D eigenvalue weighted by molar-refractivity contribution is -0.137. The minimum atomic E-state index is -0.756. The molecule has 0 bridgehead atoms. The third-order valence-corrected chi connectivity index (χ3v) is 1.24. The summed E-state index contributed by atoms with van der Waals surface area (Å²) in [5.74, 6) is -0.419. The van der Waals surface area contributed by atoms with Crippen molar-refractivity contribution in [3.63, 3.8) is 0 Å². The molecule has 0 aliphatic carbocycles. The number of nitrogen functional groups attached to an aromatic ring is 1. The molecule has 6 nitrogen and oxygen atoms in total. The van der Waals surface area contributed by atoms with E-state index in [-0.39, 0.29) is 11.8 Å². The third-order valence-electron chi connectivity index (χ3n) is 1.24. The first-order valence-corrected chi connectivity index (χ1v) is 3.24. The average Bonchev–Trinajstić information content (AvgIpc) is 2.31. The normalized spacial score (nSPS) is 9.83. The Labute approximate surface area is 68.6 Å². The fourth-order valence-corrected chi connectivity index (χ4v) is 0.651.